The van der Waals surface area contributed by atoms with E-state index in [0.29, 0.717) is 6.54 Å². The van der Waals surface area contributed by atoms with Gasteiger partial charge < -0.3 is 10.1 Å². The number of nitrogens with zero attached hydrogens (tertiary/aromatic N) is 1. The Morgan fingerprint density at radius 1 is 1.20 bits per heavy atom. The third-order valence-corrected chi connectivity index (χ3v) is 5.44. The predicted molar refractivity (Wildman–Crippen MR) is 118 cm³/mol. The molecule has 1 unspecified atom stereocenters. The smallest absolute Gasteiger partial charge is 0.407 e. The number of halogens is 2. The topological polar surface area (TPSA) is 41.6 Å². The van der Waals surface area contributed by atoms with Crippen molar-refractivity contribution in [2.45, 2.75) is 58.2 Å². The Bertz CT molecular complexity index is 864. The van der Waals surface area contributed by atoms with Gasteiger partial charge >= 0.3 is 6.09 Å². The molecular formula is C24H30ClFN2O2. The van der Waals surface area contributed by atoms with Crippen molar-refractivity contribution < 1.29 is 13.9 Å². The fraction of sp³-hybridized carbons (Fsp3) is 0.458. The van der Waals surface area contributed by atoms with Gasteiger partial charge in [-0.3, -0.25) is 4.90 Å². The summed E-state index contributed by atoms with van der Waals surface area (Å²) in [6.07, 6.45) is 2.09. The lowest BCUT2D eigenvalue weighted by atomic mass is 9.90. The van der Waals surface area contributed by atoms with Gasteiger partial charge in [0.05, 0.1) is 0 Å². The zero-order valence-electron chi connectivity index (χ0n) is 17.9. The number of carbonyl (C=O) groups is 1. The molecule has 2 aromatic carbocycles. The monoisotopic (exact) mass is 432 g/mol. The van der Waals surface area contributed by atoms with Crippen molar-refractivity contribution in [3.63, 3.8) is 0 Å². The maximum atomic E-state index is 13.8. The maximum Gasteiger partial charge on any atom is 0.407 e. The SMILES string of the molecule is CC(C)(C)OC(=O)NCCCN1Cc2ccc(F)cc2CC1Cc1ccc(Cl)cc1. The summed E-state index contributed by atoms with van der Waals surface area (Å²) in [7, 11) is 0. The number of alkyl carbamates (subject to hydrolysis) is 1. The van der Waals surface area contributed by atoms with Crippen LogP contribution in [0.2, 0.25) is 5.02 Å². The Hall–Kier alpha value is -2.11. The van der Waals surface area contributed by atoms with Crippen molar-refractivity contribution in [3.8, 4) is 0 Å². The largest absolute Gasteiger partial charge is 0.444 e. The third-order valence-electron chi connectivity index (χ3n) is 5.19. The molecule has 30 heavy (non-hydrogen) atoms. The second kappa shape index (κ2) is 9.80. The third kappa shape index (κ3) is 6.71. The average Bonchev–Trinajstić information content (AvgIpc) is 2.66. The summed E-state index contributed by atoms with van der Waals surface area (Å²) in [6.45, 7) is 7.71. The summed E-state index contributed by atoms with van der Waals surface area (Å²) in [5.41, 5.74) is 2.96. The number of benzene rings is 2. The lowest BCUT2D eigenvalue weighted by molar-refractivity contribution is 0.0524. The van der Waals surface area contributed by atoms with Crippen LogP contribution in [0.15, 0.2) is 42.5 Å². The molecule has 1 aliphatic heterocycles. The van der Waals surface area contributed by atoms with E-state index in [1.807, 2.05) is 51.1 Å². The van der Waals surface area contributed by atoms with Crippen molar-refractivity contribution >= 4 is 17.7 Å². The summed E-state index contributed by atoms with van der Waals surface area (Å²) in [6, 6.07) is 13.2. The van der Waals surface area contributed by atoms with E-state index >= 15 is 0 Å². The molecule has 0 aliphatic carbocycles. The van der Waals surface area contributed by atoms with Crippen molar-refractivity contribution in [2.75, 3.05) is 13.1 Å². The highest BCUT2D eigenvalue weighted by Gasteiger charge is 2.26. The second-order valence-electron chi connectivity index (χ2n) is 8.85. The fourth-order valence-electron chi connectivity index (χ4n) is 3.81. The normalized spacial score (nSPS) is 16.8. The van der Waals surface area contributed by atoms with E-state index in [0.717, 1.165) is 42.9 Å². The number of amides is 1. The Kier molecular flexibility index (Phi) is 7.37. The molecule has 4 nitrogen and oxygen atoms in total. The summed E-state index contributed by atoms with van der Waals surface area (Å²) in [5, 5.41) is 3.55. The molecule has 1 N–H and O–H groups in total. The average molecular weight is 433 g/mol. The van der Waals surface area contributed by atoms with Gasteiger partial charge in [-0.25, -0.2) is 9.18 Å². The van der Waals surface area contributed by atoms with Crippen LogP contribution >= 0.6 is 11.6 Å². The fourth-order valence-corrected chi connectivity index (χ4v) is 3.94. The van der Waals surface area contributed by atoms with E-state index < -0.39 is 5.60 Å². The minimum atomic E-state index is -0.500. The molecule has 0 aromatic heterocycles. The minimum Gasteiger partial charge on any atom is -0.444 e. The lowest BCUT2D eigenvalue weighted by Gasteiger charge is -2.37. The Morgan fingerprint density at radius 3 is 2.63 bits per heavy atom. The van der Waals surface area contributed by atoms with Gasteiger partial charge in [-0.2, -0.15) is 0 Å². The number of carbonyl (C=O) groups excluding carboxylic acids is 1. The highest BCUT2D eigenvalue weighted by Crippen LogP contribution is 2.27. The van der Waals surface area contributed by atoms with Gasteiger partial charge in [0.15, 0.2) is 0 Å². The number of rotatable bonds is 6. The Balaban J connectivity index is 1.62. The molecule has 0 saturated heterocycles. The molecule has 162 valence electrons. The zero-order chi connectivity index (χ0) is 21.7. The molecular weight excluding hydrogens is 403 g/mol. The van der Waals surface area contributed by atoms with Gasteiger partial charge in [0.1, 0.15) is 11.4 Å². The quantitative estimate of drug-likeness (QED) is 0.624. The van der Waals surface area contributed by atoms with E-state index in [2.05, 4.69) is 10.2 Å². The van der Waals surface area contributed by atoms with Crippen LogP contribution < -0.4 is 5.32 Å². The first kappa shape index (κ1) is 22.6. The first-order valence-corrected chi connectivity index (χ1v) is 10.8. The van der Waals surface area contributed by atoms with Crippen LogP contribution in [-0.4, -0.2) is 35.7 Å². The van der Waals surface area contributed by atoms with Crippen LogP contribution in [0.25, 0.3) is 0 Å². The van der Waals surface area contributed by atoms with Crippen LogP contribution in [0.3, 0.4) is 0 Å². The molecule has 1 aliphatic rings. The number of fused-ring (bicyclic) bond motifs is 1. The molecule has 0 radical (unpaired) electrons. The summed E-state index contributed by atoms with van der Waals surface area (Å²) >= 11 is 6.02. The van der Waals surface area contributed by atoms with E-state index in [4.69, 9.17) is 16.3 Å². The van der Waals surface area contributed by atoms with E-state index in [1.165, 1.54) is 17.2 Å². The molecule has 1 amide bonds. The number of hydrogen-bond acceptors (Lipinski definition) is 3. The lowest BCUT2D eigenvalue weighted by Crippen LogP contribution is -2.43. The molecule has 0 saturated carbocycles. The minimum absolute atomic E-state index is 0.186. The maximum absolute atomic E-state index is 13.8. The van der Waals surface area contributed by atoms with Crippen molar-refractivity contribution in [3.05, 3.63) is 70.0 Å². The van der Waals surface area contributed by atoms with Crippen LogP contribution in [0.1, 0.15) is 43.9 Å². The number of hydrogen-bond donors (Lipinski definition) is 1. The predicted octanol–water partition coefficient (Wildman–Crippen LogP) is 5.36. The molecule has 0 spiro atoms. The van der Waals surface area contributed by atoms with Crippen LogP contribution in [0.4, 0.5) is 9.18 Å². The van der Waals surface area contributed by atoms with Gasteiger partial charge in [-0.05, 0) is 81.0 Å². The molecule has 0 bridgehead atoms. The zero-order valence-corrected chi connectivity index (χ0v) is 18.6. The molecule has 1 heterocycles. The molecule has 0 fully saturated rings. The number of nitrogens with one attached hydrogen (secondary N) is 1. The molecule has 1 atom stereocenters. The highest BCUT2D eigenvalue weighted by atomic mass is 35.5. The van der Waals surface area contributed by atoms with Gasteiger partial charge in [0.25, 0.3) is 0 Å². The molecule has 2 aromatic rings. The van der Waals surface area contributed by atoms with E-state index in [9.17, 15) is 9.18 Å². The first-order chi connectivity index (χ1) is 14.2. The van der Waals surface area contributed by atoms with E-state index in [-0.39, 0.29) is 18.0 Å². The Labute approximate surface area is 183 Å². The van der Waals surface area contributed by atoms with E-state index in [1.54, 1.807) is 6.07 Å². The van der Waals surface area contributed by atoms with Crippen molar-refractivity contribution in [2.24, 2.45) is 0 Å². The van der Waals surface area contributed by atoms with Crippen molar-refractivity contribution in [1.82, 2.24) is 10.2 Å². The van der Waals surface area contributed by atoms with Gasteiger partial charge in [-0.1, -0.05) is 29.8 Å². The van der Waals surface area contributed by atoms with Gasteiger partial charge in [-0.15, -0.1) is 0 Å². The van der Waals surface area contributed by atoms with Gasteiger partial charge in [0.2, 0.25) is 0 Å². The Morgan fingerprint density at radius 2 is 1.93 bits per heavy atom. The second-order valence-corrected chi connectivity index (χ2v) is 9.29. The molecule has 6 heteroatoms. The standard InChI is InChI=1S/C24H30ClFN2O2/c1-24(2,3)30-23(29)27-11-4-12-28-16-18-7-10-21(26)14-19(18)15-22(28)13-17-5-8-20(25)9-6-17/h5-10,14,22H,4,11-13,15-16H2,1-3H3,(H,27,29). The summed E-state index contributed by atoms with van der Waals surface area (Å²) < 4.78 is 19.0. The van der Waals surface area contributed by atoms with Crippen molar-refractivity contribution in [1.29, 1.82) is 0 Å². The first-order valence-electron chi connectivity index (χ1n) is 10.4. The summed E-state index contributed by atoms with van der Waals surface area (Å²) in [5.74, 6) is -0.186. The van der Waals surface area contributed by atoms with Crippen LogP contribution in [0, 0.1) is 5.82 Å². The number of ether oxygens (including phenoxy) is 1. The summed E-state index contributed by atoms with van der Waals surface area (Å²) in [4.78, 5) is 14.3. The van der Waals surface area contributed by atoms with Crippen LogP contribution in [0.5, 0.6) is 0 Å². The van der Waals surface area contributed by atoms with Crippen LogP contribution in [-0.2, 0) is 24.1 Å². The molecule has 3 rings (SSSR count). The van der Waals surface area contributed by atoms with Gasteiger partial charge in [0, 0.05) is 30.7 Å². The highest BCUT2D eigenvalue weighted by molar-refractivity contribution is 6.30.